The van der Waals surface area contributed by atoms with Crippen molar-refractivity contribution < 1.29 is 22.6 Å². The summed E-state index contributed by atoms with van der Waals surface area (Å²) < 4.78 is 45.9. The van der Waals surface area contributed by atoms with E-state index in [1.165, 1.54) is 19.2 Å². The average Bonchev–Trinajstić information content (AvgIpc) is 2.45. The van der Waals surface area contributed by atoms with Crippen molar-refractivity contribution in [2.75, 3.05) is 33.3 Å². The summed E-state index contributed by atoms with van der Waals surface area (Å²) >= 11 is 0. The molecular formula is C14H21Cl2F3N2O2. The predicted octanol–water partition coefficient (Wildman–Crippen LogP) is 3.40. The van der Waals surface area contributed by atoms with Crippen LogP contribution in [0.15, 0.2) is 18.2 Å². The van der Waals surface area contributed by atoms with Crippen LogP contribution in [-0.4, -0.2) is 44.6 Å². The standard InChI is InChI=1S/C14H19F3N2O2.2ClH/c1-10(19-7-5-18-6-8-19)12-4-3-11(9-13(12)20-2)21-14(15,16)17;;/h3-4,9-10,18H,5-8H2,1-2H3;2*1H/t10-;;/m0../s1. The van der Waals surface area contributed by atoms with E-state index < -0.39 is 6.36 Å². The lowest BCUT2D eigenvalue weighted by Gasteiger charge is -2.33. The van der Waals surface area contributed by atoms with Crippen molar-refractivity contribution in [3.05, 3.63) is 23.8 Å². The normalized spacial score (nSPS) is 16.7. The molecule has 1 atom stereocenters. The molecule has 0 bridgehead atoms. The lowest BCUT2D eigenvalue weighted by atomic mass is 10.0. The first-order chi connectivity index (χ1) is 9.90. The molecule has 4 nitrogen and oxygen atoms in total. The van der Waals surface area contributed by atoms with Crippen LogP contribution in [0.2, 0.25) is 0 Å². The summed E-state index contributed by atoms with van der Waals surface area (Å²) in [5.41, 5.74) is 0.855. The van der Waals surface area contributed by atoms with E-state index >= 15 is 0 Å². The largest absolute Gasteiger partial charge is 0.573 e. The van der Waals surface area contributed by atoms with Crippen molar-refractivity contribution in [1.29, 1.82) is 0 Å². The summed E-state index contributed by atoms with van der Waals surface area (Å²) in [7, 11) is 1.45. The third-order valence-corrected chi connectivity index (χ3v) is 3.59. The number of nitrogens with zero attached hydrogens (tertiary/aromatic N) is 1. The molecule has 1 aliphatic heterocycles. The Hall–Kier alpha value is -0.890. The Bertz CT molecular complexity index is 484. The van der Waals surface area contributed by atoms with E-state index in [9.17, 15) is 13.2 Å². The van der Waals surface area contributed by atoms with E-state index in [1.807, 2.05) is 6.92 Å². The van der Waals surface area contributed by atoms with Gasteiger partial charge in [0.05, 0.1) is 7.11 Å². The molecule has 1 N–H and O–H groups in total. The predicted molar refractivity (Wildman–Crippen MR) is 87.0 cm³/mol. The molecule has 1 aromatic carbocycles. The first-order valence-electron chi connectivity index (χ1n) is 6.79. The van der Waals surface area contributed by atoms with Gasteiger partial charge < -0.3 is 14.8 Å². The van der Waals surface area contributed by atoms with Crippen molar-refractivity contribution in [3.63, 3.8) is 0 Å². The topological polar surface area (TPSA) is 33.7 Å². The van der Waals surface area contributed by atoms with Gasteiger partial charge in [-0.25, -0.2) is 0 Å². The van der Waals surface area contributed by atoms with Crippen molar-refractivity contribution in [2.24, 2.45) is 0 Å². The van der Waals surface area contributed by atoms with Crippen molar-refractivity contribution in [2.45, 2.75) is 19.3 Å². The van der Waals surface area contributed by atoms with Crippen molar-refractivity contribution >= 4 is 24.8 Å². The van der Waals surface area contributed by atoms with Gasteiger partial charge in [-0.3, -0.25) is 4.90 Å². The van der Waals surface area contributed by atoms with E-state index in [4.69, 9.17) is 4.74 Å². The van der Waals surface area contributed by atoms with Gasteiger partial charge in [-0.1, -0.05) is 6.07 Å². The van der Waals surface area contributed by atoms with Crippen LogP contribution in [0, 0.1) is 0 Å². The second kappa shape index (κ2) is 9.42. The Balaban J connectivity index is 0.00000242. The molecular weight excluding hydrogens is 356 g/mol. The molecule has 0 unspecified atom stereocenters. The first kappa shape index (κ1) is 22.1. The van der Waals surface area contributed by atoms with Crippen molar-refractivity contribution in [3.8, 4) is 11.5 Å². The molecule has 0 amide bonds. The molecule has 1 aromatic rings. The molecule has 9 heteroatoms. The fourth-order valence-corrected chi connectivity index (χ4v) is 2.50. The molecule has 2 rings (SSSR count). The molecule has 1 saturated heterocycles. The molecule has 0 saturated carbocycles. The van der Waals surface area contributed by atoms with E-state index in [1.54, 1.807) is 6.07 Å². The lowest BCUT2D eigenvalue weighted by Crippen LogP contribution is -2.44. The summed E-state index contributed by atoms with van der Waals surface area (Å²) in [5.74, 6) is 0.137. The first-order valence-corrected chi connectivity index (χ1v) is 6.79. The van der Waals surface area contributed by atoms with E-state index in [2.05, 4.69) is 15.0 Å². The van der Waals surface area contributed by atoms with Crippen LogP contribution in [0.4, 0.5) is 13.2 Å². The Morgan fingerprint density at radius 3 is 2.30 bits per heavy atom. The highest BCUT2D eigenvalue weighted by molar-refractivity contribution is 5.85. The second-order valence-electron chi connectivity index (χ2n) is 4.91. The maximum atomic E-state index is 12.2. The molecule has 23 heavy (non-hydrogen) atoms. The molecule has 0 aromatic heterocycles. The summed E-state index contributed by atoms with van der Waals surface area (Å²) in [6, 6.07) is 4.31. The van der Waals surface area contributed by atoms with Crippen LogP contribution >= 0.6 is 24.8 Å². The van der Waals surface area contributed by atoms with Gasteiger partial charge in [0.25, 0.3) is 0 Å². The summed E-state index contributed by atoms with van der Waals surface area (Å²) in [4.78, 5) is 2.26. The summed E-state index contributed by atoms with van der Waals surface area (Å²) in [6.45, 7) is 5.62. The fourth-order valence-electron chi connectivity index (χ4n) is 2.50. The Labute approximate surface area is 146 Å². The van der Waals surface area contributed by atoms with Gasteiger partial charge in [-0.15, -0.1) is 38.0 Å². The number of methoxy groups -OCH3 is 1. The Morgan fingerprint density at radius 2 is 1.78 bits per heavy atom. The number of alkyl halides is 3. The van der Waals surface area contributed by atoms with Gasteiger partial charge in [-0.2, -0.15) is 0 Å². The van der Waals surface area contributed by atoms with Crippen LogP contribution in [-0.2, 0) is 0 Å². The third kappa shape index (κ3) is 6.25. The number of halogens is 5. The highest BCUT2D eigenvalue weighted by Crippen LogP contribution is 2.34. The van der Waals surface area contributed by atoms with Crippen LogP contribution in [0.3, 0.4) is 0 Å². The summed E-state index contributed by atoms with van der Waals surface area (Å²) in [5, 5.41) is 3.27. The smallest absolute Gasteiger partial charge is 0.496 e. The minimum absolute atomic E-state index is 0. The number of nitrogens with one attached hydrogen (secondary N) is 1. The fraction of sp³-hybridized carbons (Fsp3) is 0.571. The van der Waals surface area contributed by atoms with E-state index in [-0.39, 0.29) is 36.6 Å². The zero-order valence-electron chi connectivity index (χ0n) is 12.9. The number of hydrogen-bond acceptors (Lipinski definition) is 4. The van der Waals surface area contributed by atoms with Crippen molar-refractivity contribution in [1.82, 2.24) is 10.2 Å². The average molecular weight is 377 g/mol. The Kier molecular flexibility index (Phi) is 9.05. The van der Waals surface area contributed by atoms with Gasteiger partial charge in [0.2, 0.25) is 0 Å². The van der Waals surface area contributed by atoms with E-state index in [0.29, 0.717) is 5.75 Å². The zero-order valence-corrected chi connectivity index (χ0v) is 14.5. The van der Waals surface area contributed by atoms with Crippen LogP contribution < -0.4 is 14.8 Å². The number of rotatable bonds is 4. The van der Waals surface area contributed by atoms with Gasteiger partial charge in [0.15, 0.2) is 0 Å². The second-order valence-corrected chi connectivity index (χ2v) is 4.91. The highest BCUT2D eigenvalue weighted by Gasteiger charge is 2.31. The molecule has 0 aliphatic carbocycles. The number of ether oxygens (including phenoxy) is 2. The van der Waals surface area contributed by atoms with Crippen LogP contribution in [0.25, 0.3) is 0 Å². The number of piperazine rings is 1. The molecule has 1 fully saturated rings. The Morgan fingerprint density at radius 1 is 1.17 bits per heavy atom. The van der Waals surface area contributed by atoms with Gasteiger partial charge in [0.1, 0.15) is 11.5 Å². The number of benzene rings is 1. The van der Waals surface area contributed by atoms with Gasteiger partial charge in [0, 0.05) is 43.9 Å². The molecule has 0 radical (unpaired) electrons. The highest BCUT2D eigenvalue weighted by atomic mass is 35.5. The molecule has 134 valence electrons. The SMILES string of the molecule is COc1cc(OC(F)(F)F)ccc1[C@H](C)N1CCNCC1.Cl.Cl. The minimum atomic E-state index is -4.70. The molecule has 0 spiro atoms. The quantitative estimate of drug-likeness (QED) is 0.872. The minimum Gasteiger partial charge on any atom is -0.496 e. The summed E-state index contributed by atoms with van der Waals surface area (Å²) in [6.07, 6.45) is -4.70. The number of hydrogen-bond donors (Lipinski definition) is 1. The molecule has 1 heterocycles. The third-order valence-electron chi connectivity index (χ3n) is 3.59. The van der Waals surface area contributed by atoms with Crippen LogP contribution in [0.5, 0.6) is 11.5 Å². The molecule has 1 aliphatic rings. The lowest BCUT2D eigenvalue weighted by molar-refractivity contribution is -0.274. The zero-order chi connectivity index (χ0) is 15.5. The monoisotopic (exact) mass is 376 g/mol. The van der Waals surface area contributed by atoms with Gasteiger partial charge in [-0.05, 0) is 13.0 Å². The maximum absolute atomic E-state index is 12.2. The van der Waals surface area contributed by atoms with E-state index in [0.717, 1.165) is 31.7 Å². The van der Waals surface area contributed by atoms with Crippen LogP contribution in [0.1, 0.15) is 18.5 Å². The van der Waals surface area contributed by atoms with Gasteiger partial charge >= 0.3 is 6.36 Å². The maximum Gasteiger partial charge on any atom is 0.573 e.